The molecule has 1 unspecified atom stereocenters. The van der Waals surface area contributed by atoms with E-state index >= 15 is 0 Å². The summed E-state index contributed by atoms with van der Waals surface area (Å²) in [5, 5.41) is 0.716. The molecule has 0 radical (unpaired) electrons. The first-order valence-corrected chi connectivity index (χ1v) is 9.17. The lowest BCUT2D eigenvalue weighted by atomic mass is 10.2. The standard InChI is InChI=1S/C19H23N3O2S/c1-12-14(3)25-19-16(12)18(23)20-17(21-19)13(2)22(4)10-11-24-15-8-6-5-7-9-15/h5-9,13H,10-11H2,1-4H3,(H,20,21,23). The van der Waals surface area contributed by atoms with Gasteiger partial charge < -0.3 is 9.72 Å². The van der Waals surface area contributed by atoms with Crippen LogP contribution in [0.5, 0.6) is 5.75 Å². The SMILES string of the molecule is Cc1sc2nc(C(C)N(C)CCOc3ccccc3)[nH]c(=O)c2c1C. The van der Waals surface area contributed by atoms with E-state index in [4.69, 9.17) is 4.74 Å². The molecule has 0 fully saturated rings. The number of rotatable bonds is 6. The van der Waals surface area contributed by atoms with Crippen molar-refractivity contribution in [2.24, 2.45) is 0 Å². The maximum absolute atomic E-state index is 12.4. The molecular formula is C19H23N3O2S. The van der Waals surface area contributed by atoms with Gasteiger partial charge in [-0.05, 0) is 45.5 Å². The maximum Gasteiger partial charge on any atom is 0.259 e. The van der Waals surface area contributed by atoms with Gasteiger partial charge in [0.15, 0.2) is 0 Å². The Kier molecular flexibility index (Phi) is 5.20. The highest BCUT2D eigenvalue weighted by atomic mass is 32.1. The molecule has 6 heteroatoms. The molecule has 0 saturated heterocycles. The van der Waals surface area contributed by atoms with E-state index in [1.807, 2.05) is 58.2 Å². The number of likely N-dealkylation sites (N-methyl/N-ethyl adjacent to an activating group) is 1. The summed E-state index contributed by atoms with van der Waals surface area (Å²) >= 11 is 1.58. The van der Waals surface area contributed by atoms with Crippen molar-refractivity contribution in [1.29, 1.82) is 0 Å². The lowest BCUT2D eigenvalue weighted by molar-refractivity contribution is 0.196. The number of nitrogens with one attached hydrogen (secondary N) is 1. The minimum Gasteiger partial charge on any atom is -0.492 e. The lowest BCUT2D eigenvalue weighted by Gasteiger charge is -2.23. The van der Waals surface area contributed by atoms with Crippen molar-refractivity contribution in [1.82, 2.24) is 14.9 Å². The number of para-hydroxylation sites is 1. The first-order chi connectivity index (χ1) is 12.0. The summed E-state index contributed by atoms with van der Waals surface area (Å²) < 4.78 is 5.74. The van der Waals surface area contributed by atoms with Crippen LogP contribution in [0, 0.1) is 13.8 Å². The Morgan fingerprint density at radius 3 is 2.72 bits per heavy atom. The maximum atomic E-state index is 12.4. The highest BCUT2D eigenvalue weighted by molar-refractivity contribution is 7.18. The summed E-state index contributed by atoms with van der Waals surface area (Å²) in [5.41, 5.74) is 0.972. The van der Waals surface area contributed by atoms with Crippen LogP contribution in [0.4, 0.5) is 0 Å². The molecule has 1 N–H and O–H groups in total. The molecule has 25 heavy (non-hydrogen) atoms. The highest BCUT2D eigenvalue weighted by Crippen LogP contribution is 2.27. The molecule has 0 saturated carbocycles. The Morgan fingerprint density at radius 2 is 2.00 bits per heavy atom. The van der Waals surface area contributed by atoms with Crippen molar-refractivity contribution >= 4 is 21.6 Å². The second kappa shape index (κ2) is 7.37. The Hall–Kier alpha value is -2.18. The quantitative estimate of drug-likeness (QED) is 0.731. The normalized spacial score (nSPS) is 12.7. The number of hydrogen-bond donors (Lipinski definition) is 1. The van der Waals surface area contributed by atoms with Crippen LogP contribution >= 0.6 is 11.3 Å². The number of aryl methyl sites for hydroxylation is 2. The van der Waals surface area contributed by atoms with Gasteiger partial charge in [0.05, 0.1) is 11.4 Å². The molecule has 0 amide bonds. The van der Waals surface area contributed by atoms with E-state index < -0.39 is 0 Å². The van der Waals surface area contributed by atoms with Crippen LogP contribution in [-0.4, -0.2) is 35.1 Å². The van der Waals surface area contributed by atoms with E-state index in [1.54, 1.807) is 11.3 Å². The number of thiophene rings is 1. The predicted molar refractivity (Wildman–Crippen MR) is 103 cm³/mol. The summed E-state index contributed by atoms with van der Waals surface area (Å²) in [4.78, 5) is 24.1. The van der Waals surface area contributed by atoms with Crippen molar-refractivity contribution in [3.05, 3.63) is 57.0 Å². The van der Waals surface area contributed by atoms with Gasteiger partial charge in [-0.25, -0.2) is 4.98 Å². The van der Waals surface area contributed by atoms with Crippen LogP contribution in [0.1, 0.15) is 29.2 Å². The summed E-state index contributed by atoms with van der Waals surface area (Å²) in [6.45, 7) is 7.35. The second-order valence-electron chi connectivity index (χ2n) is 6.23. The Labute approximate surface area is 151 Å². The summed E-state index contributed by atoms with van der Waals surface area (Å²) in [6, 6.07) is 9.76. The Balaban J connectivity index is 1.70. The lowest BCUT2D eigenvalue weighted by Crippen LogP contribution is -2.29. The molecule has 1 atom stereocenters. The minimum absolute atomic E-state index is 0.000754. The van der Waals surface area contributed by atoms with Gasteiger partial charge >= 0.3 is 0 Å². The van der Waals surface area contributed by atoms with Gasteiger partial charge in [0, 0.05) is 11.4 Å². The number of hydrogen-bond acceptors (Lipinski definition) is 5. The topological polar surface area (TPSA) is 58.2 Å². The number of fused-ring (bicyclic) bond motifs is 1. The van der Waals surface area contributed by atoms with Crippen LogP contribution in [0.2, 0.25) is 0 Å². The predicted octanol–water partition coefficient (Wildman–Crippen LogP) is 3.67. The van der Waals surface area contributed by atoms with Gasteiger partial charge in [-0.1, -0.05) is 18.2 Å². The molecule has 3 aromatic rings. The van der Waals surface area contributed by atoms with Crippen molar-refractivity contribution in [2.75, 3.05) is 20.2 Å². The second-order valence-corrected chi connectivity index (χ2v) is 7.44. The molecule has 132 valence electrons. The summed E-state index contributed by atoms with van der Waals surface area (Å²) in [5.74, 6) is 1.56. The fourth-order valence-electron chi connectivity index (χ4n) is 2.70. The third kappa shape index (κ3) is 3.75. The monoisotopic (exact) mass is 357 g/mol. The molecule has 5 nitrogen and oxygen atoms in total. The number of aromatic nitrogens is 2. The number of benzene rings is 1. The van der Waals surface area contributed by atoms with Gasteiger partial charge in [0.1, 0.15) is 23.0 Å². The van der Waals surface area contributed by atoms with Gasteiger partial charge in [0.2, 0.25) is 0 Å². The zero-order valence-electron chi connectivity index (χ0n) is 15.0. The van der Waals surface area contributed by atoms with Gasteiger partial charge in [-0.2, -0.15) is 0 Å². The molecular weight excluding hydrogens is 334 g/mol. The molecule has 1 aromatic carbocycles. The van der Waals surface area contributed by atoms with Crippen LogP contribution in [0.3, 0.4) is 0 Å². The van der Waals surface area contributed by atoms with Gasteiger partial charge in [-0.15, -0.1) is 11.3 Å². The third-order valence-corrected chi connectivity index (χ3v) is 5.67. The van der Waals surface area contributed by atoms with Crippen LogP contribution < -0.4 is 10.3 Å². The largest absolute Gasteiger partial charge is 0.492 e. The van der Waals surface area contributed by atoms with Crippen LogP contribution in [0.15, 0.2) is 35.1 Å². The Bertz CT molecular complexity index is 918. The number of ether oxygens (including phenoxy) is 1. The zero-order valence-corrected chi connectivity index (χ0v) is 15.8. The van der Waals surface area contributed by atoms with E-state index in [0.717, 1.165) is 27.6 Å². The molecule has 2 heterocycles. The number of nitrogens with zero attached hydrogens (tertiary/aromatic N) is 2. The fourth-order valence-corrected chi connectivity index (χ4v) is 3.73. The van der Waals surface area contributed by atoms with E-state index in [9.17, 15) is 4.79 Å². The first kappa shape index (κ1) is 17.6. The first-order valence-electron chi connectivity index (χ1n) is 8.35. The molecule has 2 aromatic heterocycles. The minimum atomic E-state index is -0.0531. The average molecular weight is 357 g/mol. The average Bonchev–Trinajstić information content (AvgIpc) is 2.89. The van der Waals surface area contributed by atoms with E-state index in [2.05, 4.69) is 14.9 Å². The van der Waals surface area contributed by atoms with Gasteiger partial charge in [0.25, 0.3) is 5.56 Å². The van der Waals surface area contributed by atoms with E-state index in [0.29, 0.717) is 17.8 Å². The van der Waals surface area contributed by atoms with Crippen LogP contribution in [-0.2, 0) is 0 Å². The third-order valence-electron chi connectivity index (χ3n) is 4.57. The molecule has 0 aliphatic carbocycles. The number of H-pyrrole nitrogens is 1. The molecule has 0 aliphatic rings. The molecule has 0 bridgehead atoms. The van der Waals surface area contributed by atoms with Crippen molar-refractivity contribution in [3.63, 3.8) is 0 Å². The van der Waals surface area contributed by atoms with Crippen molar-refractivity contribution in [2.45, 2.75) is 26.8 Å². The van der Waals surface area contributed by atoms with Crippen molar-refractivity contribution < 1.29 is 4.74 Å². The molecule has 0 aliphatic heterocycles. The van der Waals surface area contributed by atoms with Crippen molar-refractivity contribution in [3.8, 4) is 5.75 Å². The molecule has 0 spiro atoms. The van der Waals surface area contributed by atoms with E-state index in [-0.39, 0.29) is 11.6 Å². The van der Waals surface area contributed by atoms with Gasteiger partial charge in [-0.3, -0.25) is 9.69 Å². The Morgan fingerprint density at radius 1 is 1.28 bits per heavy atom. The highest BCUT2D eigenvalue weighted by Gasteiger charge is 2.18. The summed E-state index contributed by atoms with van der Waals surface area (Å²) in [6.07, 6.45) is 0. The zero-order chi connectivity index (χ0) is 18.0. The molecule has 3 rings (SSSR count). The number of aromatic amines is 1. The van der Waals surface area contributed by atoms with E-state index in [1.165, 1.54) is 0 Å². The fraction of sp³-hybridized carbons (Fsp3) is 0.368. The van der Waals surface area contributed by atoms with Crippen LogP contribution in [0.25, 0.3) is 10.2 Å². The summed E-state index contributed by atoms with van der Waals surface area (Å²) in [7, 11) is 2.01. The smallest absolute Gasteiger partial charge is 0.259 e.